The summed E-state index contributed by atoms with van der Waals surface area (Å²) in [6.45, 7) is 1.61. The monoisotopic (exact) mass is 331 g/mol. The molecular formula is C14H13F4N3O2. The number of benzene rings is 1. The third-order valence-corrected chi connectivity index (χ3v) is 2.98. The fourth-order valence-electron chi connectivity index (χ4n) is 2.00. The van der Waals surface area contributed by atoms with Gasteiger partial charge < -0.3 is 4.74 Å². The van der Waals surface area contributed by atoms with Crippen LogP contribution in [0.1, 0.15) is 5.69 Å². The van der Waals surface area contributed by atoms with Crippen molar-refractivity contribution in [1.29, 1.82) is 0 Å². The summed E-state index contributed by atoms with van der Waals surface area (Å²) >= 11 is 0. The van der Waals surface area contributed by atoms with Crippen LogP contribution in [0.25, 0.3) is 0 Å². The highest BCUT2D eigenvalue weighted by Crippen LogP contribution is 2.37. The van der Waals surface area contributed by atoms with Crippen molar-refractivity contribution in [3.63, 3.8) is 0 Å². The van der Waals surface area contributed by atoms with Crippen LogP contribution in [0.4, 0.5) is 28.9 Å². The van der Waals surface area contributed by atoms with Gasteiger partial charge in [-0.2, -0.15) is 22.7 Å². The van der Waals surface area contributed by atoms with E-state index in [1.165, 1.54) is 29.1 Å². The van der Waals surface area contributed by atoms with Gasteiger partial charge in [0.2, 0.25) is 6.41 Å². The zero-order valence-electron chi connectivity index (χ0n) is 12.2. The molecular weight excluding hydrogens is 318 g/mol. The van der Waals surface area contributed by atoms with Gasteiger partial charge in [0, 0.05) is 13.2 Å². The first kappa shape index (κ1) is 16.8. The Hall–Kier alpha value is -2.58. The Morgan fingerprint density at radius 2 is 1.96 bits per heavy atom. The lowest BCUT2D eigenvalue weighted by atomic mass is 10.2. The van der Waals surface area contributed by atoms with Crippen molar-refractivity contribution in [3.05, 3.63) is 36.2 Å². The van der Waals surface area contributed by atoms with Crippen LogP contribution in [0.15, 0.2) is 30.5 Å². The molecule has 2 rings (SSSR count). The average Bonchev–Trinajstić information content (AvgIpc) is 2.80. The highest BCUT2D eigenvalue weighted by atomic mass is 19.3. The molecule has 0 spiro atoms. The zero-order valence-corrected chi connectivity index (χ0v) is 12.2. The summed E-state index contributed by atoms with van der Waals surface area (Å²) in [6, 6.07) is 5.18. The molecule has 0 aliphatic rings. The van der Waals surface area contributed by atoms with E-state index >= 15 is 0 Å². The van der Waals surface area contributed by atoms with E-state index in [9.17, 15) is 22.4 Å². The van der Waals surface area contributed by atoms with Crippen molar-refractivity contribution in [1.82, 2.24) is 9.78 Å². The number of halogens is 4. The summed E-state index contributed by atoms with van der Waals surface area (Å²) in [5, 5.41) is 4.05. The molecule has 23 heavy (non-hydrogen) atoms. The number of amides is 1. The first-order valence-corrected chi connectivity index (χ1v) is 6.45. The Balaban J connectivity index is 2.46. The molecule has 0 atom stereocenters. The van der Waals surface area contributed by atoms with Crippen LogP contribution >= 0.6 is 0 Å². The Labute approximate surface area is 129 Å². The zero-order chi connectivity index (χ0) is 17.2. The first-order valence-electron chi connectivity index (χ1n) is 6.45. The molecule has 0 aliphatic carbocycles. The topological polar surface area (TPSA) is 47.4 Å². The summed E-state index contributed by atoms with van der Waals surface area (Å²) in [6.07, 6.45) is -6.81. The van der Waals surface area contributed by atoms with Crippen LogP contribution in [-0.2, 0) is 11.8 Å². The van der Waals surface area contributed by atoms with E-state index in [0.717, 1.165) is 11.0 Å². The Morgan fingerprint density at radius 1 is 1.30 bits per heavy atom. The molecule has 2 aromatic rings. The Bertz CT molecular complexity index is 703. The minimum atomic E-state index is -4.67. The molecule has 0 fully saturated rings. The molecule has 5 nitrogen and oxygen atoms in total. The molecule has 0 aliphatic heterocycles. The third kappa shape index (κ3) is 3.43. The maximum Gasteiger partial charge on any atom is 0.461 e. The predicted molar refractivity (Wildman–Crippen MR) is 74.2 cm³/mol. The van der Waals surface area contributed by atoms with Gasteiger partial charge in [-0.15, -0.1) is 0 Å². The van der Waals surface area contributed by atoms with Crippen molar-refractivity contribution < 1.29 is 27.1 Å². The molecule has 0 saturated heterocycles. The number of nitrogens with zero attached hydrogens (tertiary/aromatic N) is 3. The number of anilines is 2. The first-order chi connectivity index (χ1) is 10.8. The van der Waals surface area contributed by atoms with Crippen LogP contribution in [-0.4, -0.2) is 28.7 Å². The van der Waals surface area contributed by atoms with E-state index in [-0.39, 0.29) is 5.69 Å². The van der Waals surface area contributed by atoms with Crippen LogP contribution < -0.4 is 9.64 Å². The molecule has 0 bridgehead atoms. The number of hydrogen-bond donors (Lipinski definition) is 0. The van der Waals surface area contributed by atoms with Crippen molar-refractivity contribution in [2.75, 3.05) is 4.90 Å². The standard InChI is InChI=1S/C14H13F4N3O2/c1-9-11(7-20(2)19-9)21(8-22)10-5-3-4-6-12(10)23-14(17,18)13(15)16/h3-8,13H,1-2H3. The highest BCUT2D eigenvalue weighted by Gasteiger charge is 2.44. The minimum absolute atomic E-state index is 0.0982. The summed E-state index contributed by atoms with van der Waals surface area (Å²) < 4.78 is 56.6. The predicted octanol–water partition coefficient (Wildman–Crippen LogP) is 3.26. The molecule has 0 N–H and O–H groups in total. The van der Waals surface area contributed by atoms with Crippen molar-refractivity contribution in [3.8, 4) is 5.75 Å². The van der Waals surface area contributed by atoms with Crippen molar-refractivity contribution in [2.45, 2.75) is 19.5 Å². The lowest BCUT2D eigenvalue weighted by Crippen LogP contribution is -2.34. The number of aromatic nitrogens is 2. The molecule has 124 valence electrons. The van der Waals surface area contributed by atoms with E-state index in [4.69, 9.17) is 0 Å². The van der Waals surface area contributed by atoms with Gasteiger partial charge in [0.25, 0.3) is 0 Å². The SMILES string of the molecule is Cc1nn(C)cc1N(C=O)c1ccccc1OC(F)(F)C(F)F. The molecule has 1 aromatic carbocycles. The third-order valence-electron chi connectivity index (χ3n) is 2.98. The van der Waals surface area contributed by atoms with Crippen LogP contribution in [0.2, 0.25) is 0 Å². The maximum absolute atomic E-state index is 13.2. The normalized spacial score (nSPS) is 11.6. The smallest absolute Gasteiger partial charge is 0.426 e. The average molecular weight is 331 g/mol. The van der Waals surface area contributed by atoms with Crippen LogP contribution in [0.5, 0.6) is 5.75 Å². The molecule has 0 unspecified atom stereocenters. The van der Waals surface area contributed by atoms with E-state index in [1.54, 1.807) is 14.0 Å². The number of aryl methyl sites for hydroxylation is 2. The number of carbonyl (C=O) groups is 1. The number of ether oxygens (including phenoxy) is 1. The number of alkyl halides is 4. The van der Waals surface area contributed by atoms with Crippen molar-refractivity contribution in [2.24, 2.45) is 7.05 Å². The Kier molecular flexibility index (Phi) is 4.57. The number of para-hydroxylation sites is 2. The van der Waals surface area contributed by atoms with E-state index in [2.05, 4.69) is 9.84 Å². The van der Waals surface area contributed by atoms with Gasteiger partial charge in [-0.05, 0) is 19.1 Å². The largest absolute Gasteiger partial charge is 0.461 e. The van der Waals surface area contributed by atoms with Gasteiger partial charge in [0.15, 0.2) is 5.75 Å². The van der Waals surface area contributed by atoms with Gasteiger partial charge in [-0.3, -0.25) is 14.4 Å². The molecule has 9 heteroatoms. The molecule has 0 saturated carbocycles. The second-order valence-corrected chi connectivity index (χ2v) is 4.68. The quantitative estimate of drug-likeness (QED) is 0.603. The maximum atomic E-state index is 13.2. The molecule has 1 heterocycles. The van der Waals surface area contributed by atoms with Crippen LogP contribution in [0.3, 0.4) is 0 Å². The van der Waals surface area contributed by atoms with Crippen molar-refractivity contribution >= 4 is 17.8 Å². The van der Waals surface area contributed by atoms with E-state index < -0.39 is 18.3 Å². The second kappa shape index (κ2) is 6.27. The summed E-state index contributed by atoms with van der Waals surface area (Å²) in [7, 11) is 1.62. The summed E-state index contributed by atoms with van der Waals surface area (Å²) in [5.41, 5.74) is 0.674. The number of hydrogen-bond acceptors (Lipinski definition) is 3. The Morgan fingerprint density at radius 3 is 2.48 bits per heavy atom. The fraction of sp³-hybridized carbons (Fsp3) is 0.286. The van der Waals surface area contributed by atoms with Crippen LogP contribution in [0, 0.1) is 6.92 Å². The fourth-order valence-corrected chi connectivity index (χ4v) is 2.00. The second-order valence-electron chi connectivity index (χ2n) is 4.68. The van der Waals surface area contributed by atoms with E-state index in [1.807, 2.05) is 0 Å². The lowest BCUT2D eigenvalue weighted by molar-refractivity contribution is -0.253. The lowest BCUT2D eigenvalue weighted by Gasteiger charge is -2.23. The number of rotatable bonds is 6. The van der Waals surface area contributed by atoms with Gasteiger partial charge in [-0.1, -0.05) is 12.1 Å². The summed E-state index contributed by atoms with van der Waals surface area (Å²) in [4.78, 5) is 12.4. The van der Waals surface area contributed by atoms with E-state index in [0.29, 0.717) is 17.8 Å². The van der Waals surface area contributed by atoms with Gasteiger partial charge in [-0.25, -0.2) is 0 Å². The van der Waals surface area contributed by atoms with Gasteiger partial charge >= 0.3 is 12.5 Å². The summed E-state index contributed by atoms with van der Waals surface area (Å²) in [5.74, 6) is -0.548. The van der Waals surface area contributed by atoms with Gasteiger partial charge in [0.1, 0.15) is 0 Å². The highest BCUT2D eigenvalue weighted by molar-refractivity contribution is 5.89. The molecule has 1 amide bonds. The number of carbonyl (C=O) groups excluding carboxylic acids is 1. The molecule has 0 radical (unpaired) electrons. The minimum Gasteiger partial charge on any atom is -0.426 e. The van der Waals surface area contributed by atoms with Gasteiger partial charge in [0.05, 0.1) is 17.1 Å². The molecule has 1 aromatic heterocycles.